The van der Waals surface area contributed by atoms with Crippen molar-refractivity contribution < 1.29 is 27.5 Å². The van der Waals surface area contributed by atoms with Crippen molar-refractivity contribution in [3.8, 4) is 5.75 Å². The molecule has 32 heavy (non-hydrogen) atoms. The van der Waals surface area contributed by atoms with E-state index >= 15 is 0 Å². The van der Waals surface area contributed by atoms with Crippen LogP contribution in [-0.4, -0.2) is 18.3 Å². The molecule has 0 aliphatic carbocycles. The number of carbonyl (C=O) groups is 2. The Labute approximate surface area is 182 Å². The molecule has 0 bridgehead atoms. The smallest absolute Gasteiger partial charge is 0.406 e. The van der Waals surface area contributed by atoms with Crippen molar-refractivity contribution in [3.63, 3.8) is 0 Å². The molecule has 0 aromatic heterocycles. The quantitative estimate of drug-likeness (QED) is 0.493. The van der Waals surface area contributed by atoms with Gasteiger partial charge >= 0.3 is 12.4 Å². The van der Waals surface area contributed by atoms with Crippen LogP contribution in [0.4, 0.5) is 23.7 Å². The van der Waals surface area contributed by atoms with Crippen molar-refractivity contribution in [2.24, 2.45) is 0 Å². The molecule has 3 rings (SSSR count). The summed E-state index contributed by atoms with van der Waals surface area (Å²) in [5.74, 6) is -0.779. The third-order valence-corrected chi connectivity index (χ3v) is 4.32. The predicted octanol–water partition coefficient (Wildman–Crippen LogP) is 4.76. The summed E-state index contributed by atoms with van der Waals surface area (Å²) in [6.07, 6.45) is -4.77. The second-order valence-electron chi connectivity index (χ2n) is 6.72. The molecular weight excluding hydrogens is 423 g/mol. The molecule has 0 saturated carbocycles. The van der Waals surface area contributed by atoms with Crippen LogP contribution in [0, 0.1) is 0 Å². The minimum absolute atomic E-state index is 0.0416. The number of benzene rings is 3. The van der Waals surface area contributed by atoms with E-state index in [0.29, 0.717) is 16.8 Å². The second-order valence-corrected chi connectivity index (χ2v) is 6.72. The van der Waals surface area contributed by atoms with E-state index in [-0.39, 0.29) is 12.3 Å². The van der Waals surface area contributed by atoms with Crippen LogP contribution in [0.15, 0.2) is 84.9 Å². The van der Waals surface area contributed by atoms with Crippen LogP contribution in [-0.2, 0) is 11.3 Å². The van der Waals surface area contributed by atoms with Gasteiger partial charge in [0.05, 0.1) is 0 Å². The van der Waals surface area contributed by atoms with Gasteiger partial charge in [-0.1, -0.05) is 60.7 Å². The first kappa shape index (κ1) is 22.7. The standard InChI is InChI=1S/C23H20F3N3O3/c24-23(25,26)32-19-13-11-16(12-14-19)15-27-22(31)29-20(17-7-3-1-4-8-17)21(30)28-18-9-5-2-6-10-18/h1-14,20H,15H2,(H,28,30)(H2,27,29,31). The molecule has 0 aliphatic rings. The van der Waals surface area contributed by atoms with E-state index in [2.05, 4.69) is 20.7 Å². The summed E-state index contributed by atoms with van der Waals surface area (Å²) < 4.78 is 40.5. The normalized spacial score (nSPS) is 11.8. The van der Waals surface area contributed by atoms with Gasteiger partial charge in [-0.3, -0.25) is 4.79 Å². The summed E-state index contributed by atoms with van der Waals surface area (Å²) in [6.45, 7) is 0.0416. The van der Waals surface area contributed by atoms with Crippen molar-refractivity contribution in [3.05, 3.63) is 96.1 Å². The molecule has 6 nitrogen and oxygen atoms in total. The number of halogens is 3. The topological polar surface area (TPSA) is 79.5 Å². The van der Waals surface area contributed by atoms with Crippen LogP contribution >= 0.6 is 0 Å². The van der Waals surface area contributed by atoms with Crippen molar-refractivity contribution in [2.75, 3.05) is 5.32 Å². The Balaban J connectivity index is 1.62. The maximum atomic E-state index is 12.8. The molecule has 3 aromatic carbocycles. The molecule has 9 heteroatoms. The van der Waals surface area contributed by atoms with Gasteiger partial charge in [0, 0.05) is 12.2 Å². The molecule has 3 aromatic rings. The molecule has 3 amide bonds. The highest BCUT2D eigenvalue weighted by atomic mass is 19.4. The van der Waals surface area contributed by atoms with E-state index in [1.807, 2.05) is 6.07 Å². The highest BCUT2D eigenvalue weighted by Crippen LogP contribution is 2.22. The van der Waals surface area contributed by atoms with Gasteiger partial charge in [-0.15, -0.1) is 13.2 Å². The number of hydrogen-bond donors (Lipinski definition) is 3. The Bertz CT molecular complexity index is 1030. The van der Waals surface area contributed by atoms with Gasteiger partial charge in [0.1, 0.15) is 11.8 Å². The first-order chi connectivity index (χ1) is 15.3. The predicted molar refractivity (Wildman–Crippen MR) is 113 cm³/mol. The molecule has 3 N–H and O–H groups in total. The van der Waals surface area contributed by atoms with E-state index in [1.54, 1.807) is 54.6 Å². The van der Waals surface area contributed by atoms with Gasteiger partial charge in [-0.2, -0.15) is 0 Å². The van der Waals surface area contributed by atoms with E-state index < -0.39 is 24.3 Å². The summed E-state index contributed by atoms with van der Waals surface area (Å²) in [5, 5.41) is 7.98. The lowest BCUT2D eigenvalue weighted by molar-refractivity contribution is -0.274. The van der Waals surface area contributed by atoms with Crippen molar-refractivity contribution in [1.82, 2.24) is 10.6 Å². The summed E-state index contributed by atoms with van der Waals surface area (Å²) >= 11 is 0. The molecule has 0 aliphatic heterocycles. The highest BCUT2D eigenvalue weighted by molar-refractivity contribution is 5.97. The number of hydrogen-bond acceptors (Lipinski definition) is 3. The number of rotatable bonds is 7. The van der Waals surface area contributed by atoms with Crippen LogP contribution in [0.3, 0.4) is 0 Å². The number of ether oxygens (including phenoxy) is 1. The van der Waals surface area contributed by atoms with Crippen LogP contribution < -0.4 is 20.7 Å². The lowest BCUT2D eigenvalue weighted by Gasteiger charge is -2.19. The number of alkyl halides is 3. The molecule has 1 atom stereocenters. The Hall–Kier alpha value is -4.01. The van der Waals surface area contributed by atoms with Crippen LogP contribution in [0.25, 0.3) is 0 Å². The zero-order valence-corrected chi connectivity index (χ0v) is 16.7. The Morgan fingerprint density at radius 3 is 2.03 bits per heavy atom. The molecule has 0 heterocycles. The van der Waals surface area contributed by atoms with Gasteiger partial charge in [-0.25, -0.2) is 4.79 Å². The number of para-hydroxylation sites is 1. The van der Waals surface area contributed by atoms with Crippen molar-refractivity contribution in [2.45, 2.75) is 18.9 Å². The van der Waals surface area contributed by atoms with E-state index in [4.69, 9.17) is 0 Å². The molecule has 1 unspecified atom stereocenters. The van der Waals surface area contributed by atoms with Crippen LogP contribution in [0.2, 0.25) is 0 Å². The Morgan fingerprint density at radius 2 is 1.44 bits per heavy atom. The molecule has 0 saturated heterocycles. The average molecular weight is 443 g/mol. The minimum Gasteiger partial charge on any atom is -0.406 e. The lowest BCUT2D eigenvalue weighted by atomic mass is 10.1. The largest absolute Gasteiger partial charge is 0.573 e. The van der Waals surface area contributed by atoms with E-state index in [0.717, 1.165) is 12.1 Å². The fourth-order valence-electron chi connectivity index (χ4n) is 2.86. The zero-order valence-electron chi connectivity index (χ0n) is 16.7. The Morgan fingerprint density at radius 1 is 0.844 bits per heavy atom. The molecule has 0 radical (unpaired) electrons. The highest BCUT2D eigenvalue weighted by Gasteiger charge is 2.31. The number of carbonyl (C=O) groups excluding carboxylic acids is 2. The van der Waals surface area contributed by atoms with Gasteiger partial charge in [-0.05, 0) is 35.4 Å². The number of amides is 3. The van der Waals surface area contributed by atoms with Crippen LogP contribution in [0.1, 0.15) is 17.2 Å². The SMILES string of the molecule is O=C(NCc1ccc(OC(F)(F)F)cc1)NC(C(=O)Nc1ccccc1)c1ccccc1. The lowest BCUT2D eigenvalue weighted by Crippen LogP contribution is -2.42. The fourth-order valence-corrected chi connectivity index (χ4v) is 2.86. The van der Waals surface area contributed by atoms with Gasteiger partial charge in [0.15, 0.2) is 0 Å². The fraction of sp³-hybridized carbons (Fsp3) is 0.130. The molecular formula is C23H20F3N3O3. The number of nitrogens with one attached hydrogen (secondary N) is 3. The van der Waals surface area contributed by atoms with Crippen LogP contribution in [0.5, 0.6) is 5.75 Å². The maximum absolute atomic E-state index is 12.8. The number of anilines is 1. The third-order valence-electron chi connectivity index (χ3n) is 4.32. The molecule has 0 fully saturated rings. The second kappa shape index (κ2) is 10.3. The first-order valence-corrected chi connectivity index (χ1v) is 9.60. The van der Waals surface area contributed by atoms with Crippen molar-refractivity contribution in [1.29, 1.82) is 0 Å². The van der Waals surface area contributed by atoms with Crippen molar-refractivity contribution >= 4 is 17.6 Å². The average Bonchev–Trinajstić information content (AvgIpc) is 2.77. The third kappa shape index (κ3) is 7.05. The summed E-state index contributed by atoms with van der Waals surface area (Å²) in [4.78, 5) is 25.3. The Kier molecular flexibility index (Phi) is 7.33. The van der Waals surface area contributed by atoms with Gasteiger partial charge in [0.25, 0.3) is 5.91 Å². The summed E-state index contributed by atoms with van der Waals surface area (Å²) in [5.41, 5.74) is 1.73. The van der Waals surface area contributed by atoms with E-state index in [9.17, 15) is 22.8 Å². The van der Waals surface area contributed by atoms with Gasteiger partial charge < -0.3 is 20.7 Å². The first-order valence-electron chi connectivity index (χ1n) is 9.60. The zero-order chi connectivity index (χ0) is 23.0. The minimum atomic E-state index is -4.77. The summed E-state index contributed by atoms with van der Waals surface area (Å²) in [6, 6.07) is 21.1. The summed E-state index contributed by atoms with van der Waals surface area (Å²) in [7, 11) is 0. The molecule has 0 spiro atoms. The maximum Gasteiger partial charge on any atom is 0.573 e. The van der Waals surface area contributed by atoms with Gasteiger partial charge in [0.2, 0.25) is 0 Å². The number of urea groups is 1. The molecule has 166 valence electrons. The monoisotopic (exact) mass is 443 g/mol. The van der Waals surface area contributed by atoms with E-state index in [1.165, 1.54) is 12.1 Å².